The van der Waals surface area contributed by atoms with Crippen molar-refractivity contribution in [3.8, 4) is 0 Å². The van der Waals surface area contributed by atoms with E-state index in [0.717, 1.165) is 43.7 Å². The zero-order valence-electron chi connectivity index (χ0n) is 20.9. The monoisotopic (exact) mass is 467 g/mol. The minimum atomic E-state index is 0.164. The second-order valence-electron chi connectivity index (χ2n) is 10.2. The van der Waals surface area contributed by atoms with Crippen molar-refractivity contribution in [2.45, 2.75) is 43.7 Å². The Kier molecular flexibility index (Phi) is 7.31. The van der Waals surface area contributed by atoms with Crippen LogP contribution in [0.3, 0.4) is 0 Å². The van der Waals surface area contributed by atoms with Gasteiger partial charge in [0.25, 0.3) is 5.91 Å². The molecule has 0 saturated carbocycles. The molecule has 1 amide bonds. The number of hydrogen-bond donors (Lipinski definition) is 1. The molecule has 4 atom stereocenters. The Labute approximate surface area is 210 Å². The van der Waals surface area contributed by atoms with Gasteiger partial charge in [0.15, 0.2) is 0 Å². The predicted molar refractivity (Wildman–Crippen MR) is 143 cm³/mol. The van der Waals surface area contributed by atoms with Crippen molar-refractivity contribution in [2.24, 2.45) is 0 Å². The summed E-state index contributed by atoms with van der Waals surface area (Å²) in [4.78, 5) is 18.6. The van der Waals surface area contributed by atoms with Crippen molar-refractivity contribution >= 4 is 5.91 Å². The quantitative estimate of drug-likeness (QED) is 0.502. The Bertz CT molecular complexity index is 1120. The lowest BCUT2D eigenvalue weighted by molar-refractivity contribution is 0.0707. The maximum atomic E-state index is 13.8. The van der Waals surface area contributed by atoms with Gasteiger partial charge in [-0.25, -0.2) is 0 Å². The van der Waals surface area contributed by atoms with Gasteiger partial charge in [-0.2, -0.15) is 0 Å². The molecule has 3 aromatic carbocycles. The van der Waals surface area contributed by atoms with Crippen LogP contribution in [0.15, 0.2) is 84.9 Å². The van der Waals surface area contributed by atoms with Crippen molar-refractivity contribution in [2.75, 3.05) is 33.2 Å². The first-order chi connectivity index (χ1) is 17.1. The zero-order valence-corrected chi connectivity index (χ0v) is 20.9. The van der Waals surface area contributed by atoms with Gasteiger partial charge in [0.05, 0.1) is 0 Å². The third-order valence-corrected chi connectivity index (χ3v) is 8.03. The fraction of sp³-hybridized carbons (Fsp3) is 0.387. The Balaban J connectivity index is 1.35. The first kappa shape index (κ1) is 23.8. The van der Waals surface area contributed by atoms with Crippen LogP contribution in [0.5, 0.6) is 0 Å². The van der Waals surface area contributed by atoms with E-state index in [1.807, 2.05) is 19.2 Å². The maximum absolute atomic E-state index is 13.8. The third kappa shape index (κ3) is 5.34. The number of nitrogens with zero attached hydrogens (tertiary/aromatic N) is 2. The van der Waals surface area contributed by atoms with Crippen molar-refractivity contribution < 1.29 is 4.79 Å². The van der Waals surface area contributed by atoms with Gasteiger partial charge >= 0.3 is 0 Å². The predicted octanol–water partition coefficient (Wildman–Crippen LogP) is 5.45. The molecular weight excluding hydrogens is 430 g/mol. The van der Waals surface area contributed by atoms with Gasteiger partial charge in [-0.05, 0) is 68.1 Å². The lowest BCUT2D eigenvalue weighted by Crippen LogP contribution is -2.42. The van der Waals surface area contributed by atoms with Crippen LogP contribution in [0, 0.1) is 0 Å². The highest BCUT2D eigenvalue weighted by Gasteiger charge is 2.38. The Morgan fingerprint density at radius 2 is 1.60 bits per heavy atom. The van der Waals surface area contributed by atoms with Crippen molar-refractivity contribution in [1.29, 1.82) is 0 Å². The molecule has 1 unspecified atom stereocenters. The third-order valence-electron chi connectivity index (χ3n) is 8.03. The van der Waals surface area contributed by atoms with Crippen LogP contribution in [0.25, 0.3) is 0 Å². The number of hydrogen-bond acceptors (Lipinski definition) is 3. The van der Waals surface area contributed by atoms with Crippen LogP contribution in [-0.4, -0.2) is 55.0 Å². The van der Waals surface area contributed by atoms with Gasteiger partial charge in [-0.15, -0.1) is 0 Å². The zero-order chi connectivity index (χ0) is 24.2. The number of nitrogens with one attached hydrogen (secondary N) is 1. The molecule has 2 aliphatic rings. The second kappa shape index (κ2) is 10.8. The Morgan fingerprint density at radius 1 is 0.914 bits per heavy atom. The van der Waals surface area contributed by atoms with E-state index in [9.17, 15) is 4.79 Å². The van der Waals surface area contributed by atoms with Gasteiger partial charge in [0.1, 0.15) is 0 Å². The molecule has 4 heteroatoms. The summed E-state index contributed by atoms with van der Waals surface area (Å²) in [5.74, 6) is 1.14. The Hall–Kier alpha value is -2.95. The van der Waals surface area contributed by atoms with Gasteiger partial charge in [-0.1, -0.05) is 72.8 Å². The van der Waals surface area contributed by atoms with E-state index in [0.29, 0.717) is 11.8 Å². The molecule has 0 aromatic heterocycles. The molecule has 0 radical (unpaired) electrons. The van der Waals surface area contributed by atoms with E-state index < -0.39 is 0 Å². The molecule has 2 fully saturated rings. The van der Waals surface area contributed by atoms with E-state index in [4.69, 9.17) is 0 Å². The van der Waals surface area contributed by atoms with Crippen molar-refractivity contribution in [3.05, 3.63) is 107 Å². The van der Waals surface area contributed by atoms with Crippen molar-refractivity contribution in [1.82, 2.24) is 15.1 Å². The Morgan fingerprint density at radius 3 is 2.29 bits per heavy atom. The topological polar surface area (TPSA) is 35.6 Å². The van der Waals surface area contributed by atoms with E-state index in [2.05, 4.69) is 94.8 Å². The van der Waals surface area contributed by atoms with Crippen molar-refractivity contribution in [3.63, 3.8) is 0 Å². The van der Waals surface area contributed by atoms with Gasteiger partial charge in [0, 0.05) is 43.2 Å². The van der Waals surface area contributed by atoms with Gasteiger partial charge in [0.2, 0.25) is 0 Å². The molecule has 1 N–H and O–H groups in total. The fourth-order valence-corrected chi connectivity index (χ4v) is 5.87. The largest absolute Gasteiger partial charge is 0.334 e. The molecule has 0 aliphatic carbocycles. The molecule has 2 saturated heterocycles. The molecular formula is C31H37N3O. The smallest absolute Gasteiger partial charge is 0.254 e. The SMILES string of the molecule is CNC(C)c1cccc(C(=O)N2C[C@@H](c3ccccc3)C[C@H]2CN2CC[C@H](c3ccccc3)C2)c1. The van der Waals surface area contributed by atoms with Crippen LogP contribution in [0.4, 0.5) is 0 Å². The summed E-state index contributed by atoms with van der Waals surface area (Å²) in [6, 6.07) is 30.2. The van der Waals surface area contributed by atoms with Gasteiger partial charge in [-0.3, -0.25) is 4.79 Å². The van der Waals surface area contributed by atoms with Crippen LogP contribution in [-0.2, 0) is 0 Å². The summed E-state index contributed by atoms with van der Waals surface area (Å²) < 4.78 is 0. The average molecular weight is 468 g/mol. The minimum absolute atomic E-state index is 0.164. The molecule has 4 nitrogen and oxygen atoms in total. The van der Waals surface area contributed by atoms with E-state index >= 15 is 0 Å². The number of benzene rings is 3. The number of amides is 1. The molecule has 0 spiro atoms. The molecule has 35 heavy (non-hydrogen) atoms. The number of likely N-dealkylation sites (tertiary alicyclic amines) is 2. The molecule has 3 aromatic rings. The summed E-state index contributed by atoms with van der Waals surface area (Å²) in [5, 5.41) is 3.29. The molecule has 182 valence electrons. The first-order valence-corrected chi connectivity index (χ1v) is 13.0. The number of rotatable bonds is 7. The average Bonchev–Trinajstić information content (AvgIpc) is 3.56. The second-order valence-corrected chi connectivity index (χ2v) is 10.2. The van der Waals surface area contributed by atoms with E-state index in [-0.39, 0.29) is 18.0 Å². The summed E-state index contributed by atoms with van der Waals surface area (Å²) in [6.45, 7) is 6.04. The molecule has 2 aliphatic heterocycles. The first-order valence-electron chi connectivity index (χ1n) is 13.0. The summed E-state index contributed by atoms with van der Waals surface area (Å²) >= 11 is 0. The normalized spacial score (nSPS) is 23.5. The van der Waals surface area contributed by atoms with Crippen LogP contribution >= 0.6 is 0 Å². The fourth-order valence-electron chi connectivity index (χ4n) is 5.87. The highest BCUT2D eigenvalue weighted by atomic mass is 16.2. The number of carbonyl (C=O) groups excluding carboxylic acids is 1. The van der Waals surface area contributed by atoms with Crippen LogP contribution < -0.4 is 5.32 Å². The van der Waals surface area contributed by atoms with Gasteiger partial charge < -0.3 is 15.1 Å². The van der Waals surface area contributed by atoms with Crippen LogP contribution in [0.1, 0.15) is 64.7 Å². The summed E-state index contributed by atoms with van der Waals surface area (Å²) in [5.41, 5.74) is 4.73. The lowest BCUT2D eigenvalue weighted by atomic mass is 9.96. The molecule has 2 heterocycles. The molecule has 5 rings (SSSR count). The number of carbonyl (C=O) groups is 1. The minimum Gasteiger partial charge on any atom is -0.334 e. The summed E-state index contributed by atoms with van der Waals surface area (Å²) in [6.07, 6.45) is 2.21. The van der Waals surface area contributed by atoms with E-state index in [1.165, 1.54) is 17.5 Å². The highest BCUT2D eigenvalue weighted by Crippen LogP contribution is 2.35. The molecule has 0 bridgehead atoms. The standard InChI is InChI=1S/C31H37N3O/c1-23(32-2)26-14-9-15-27(18-26)31(35)34-21-29(25-12-7-4-8-13-25)19-30(34)22-33-17-16-28(20-33)24-10-5-3-6-11-24/h3-15,18,23,28-30,32H,16-17,19-22H2,1-2H3/t23?,28-,29-,30-/m0/s1. The summed E-state index contributed by atoms with van der Waals surface area (Å²) in [7, 11) is 1.96. The highest BCUT2D eigenvalue weighted by molar-refractivity contribution is 5.95. The van der Waals surface area contributed by atoms with Crippen LogP contribution in [0.2, 0.25) is 0 Å². The van der Waals surface area contributed by atoms with E-state index in [1.54, 1.807) is 0 Å². The maximum Gasteiger partial charge on any atom is 0.254 e. The lowest BCUT2D eigenvalue weighted by Gasteiger charge is -2.29.